The van der Waals surface area contributed by atoms with Crippen LogP contribution in [-0.2, 0) is 76.6 Å². The number of aliphatic carboxylic acids is 3. The van der Waals surface area contributed by atoms with Crippen LogP contribution in [0.1, 0.15) is 238 Å². The molecule has 8 atom stereocenters. The minimum absolute atomic E-state index is 0.00286. The van der Waals surface area contributed by atoms with Crippen LogP contribution in [0.4, 0.5) is 17.5 Å². The van der Waals surface area contributed by atoms with Gasteiger partial charge in [-0.1, -0.05) is 110 Å². The summed E-state index contributed by atoms with van der Waals surface area (Å²) in [4.78, 5) is 57.7. The minimum Gasteiger partial charge on any atom is -0.480 e. The van der Waals surface area contributed by atoms with Gasteiger partial charge in [0.25, 0.3) is 0 Å². The number of anilines is 3. The summed E-state index contributed by atoms with van der Waals surface area (Å²) < 4.78 is 30.3. The molecule has 15 rings (SSSR count). The van der Waals surface area contributed by atoms with Crippen molar-refractivity contribution in [3.05, 3.63) is 176 Å². The van der Waals surface area contributed by atoms with E-state index in [-0.39, 0.29) is 30.5 Å². The third kappa shape index (κ3) is 20.7. The average molecular weight is 1450 g/mol. The quantitative estimate of drug-likeness (QED) is 0.0230. The van der Waals surface area contributed by atoms with E-state index in [1.165, 1.54) is 73.6 Å². The second kappa shape index (κ2) is 39.1. The Morgan fingerprint density at radius 1 is 0.406 bits per heavy atom. The number of benzene rings is 3. The molecule has 8 aliphatic heterocycles. The highest BCUT2D eigenvalue weighted by Crippen LogP contribution is 2.41. The van der Waals surface area contributed by atoms with Gasteiger partial charge in [-0.15, -0.1) is 0 Å². The molecule has 0 amide bonds. The van der Waals surface area contributed by atoms with Crippen LogP contribution < -0.4 is 16.0 Å². The lowest BCUT2D eigenvalue weighted by Gasteiger charge is -2.30. The highest BCUT2D eigenvalue weighted by molar-refractivity contribution is 5.78. The first-order valence-electron chi connectivity index (χ1n) is 40.5. The summed E-state index contributed by atoms with van der Waals surface area (Å²) in [6, 6.07) is 35.3. The molecule has 3 aromatic carbocycles. The van der Waals surface area contributed by atoms with Crippen LogP contribution in [0.25, 0.3) is 0 Å². The van der Waals surface area contributed by atoms with Crippen molar-refractivity contribution in [1.29, 1.82) is 0 Å². The lowest BCUT2D eigenvalue weighted by Crippen LogP contribution is -2.34. The molecule has 1 aliphatic carbocycles. The number of carboxylic acid groups (broad SMARTS) is 3. The molecular formula is C86H115N9O11. The zero-order valence-electron chi connectivity index (χ0n) is 62.4. The Hall–Kier alpha value is -7.40. The fourth-order valence-electron chi connectivity index (χ4n) is 17.6. The number of pyridine rings is 3. The second-order valence-corrected chi connectivity index (χ2v) is 30.7. The number of unbranched alkanes of at least 4 members (excludes halogenated alkanes) is 3. The van der Waals surface area contributed by atoms with Crippen molar-refractivity contribution >= 4 is 35.4 Å². The van der Waals surface area contributed by atoms with Crippen LogP contribution in [0.5, 0.6) is 0 Å². The molecule has 6 fully saturated rings. The molecule has 6 N–H and O–H groups in total. The first-order valence-corrected chi connectivity index (χ1v) is 40.5. The molecule has 5 saturated heterocycles. The number of carboxylic acids is 3. The molecule has 106 heavy (non-hydrogen) atoms. The highest BCUT2D eigenvalue weighted by atomic mass is 16.5. The fraction of sp³-hybridized carbons (Fsp3) is 0.581. The number of aryl methyl sites for hydroxylation is 6. The van der Waals surface area contributed by atoms with E-state index in [2.05, 4.69) is 79.2 Å². The molecule has 0 spiro atoms. The molecule has 20 nitrogen and oxygen atoms in total. The number of aromatic nitrogens is 3. The number of hydrogen-bond donors (Lipinski definition) is 6. The average Bonchev–Trinajstić information content (AvgIpc) is 1.47. The van der Waals surface area contributed by atoms with Gasteiger partial charge < -0.3 is 55.0 Å². The Balaban J connectivity index is 0.000000141. The molecule has 3 unspecified atom stereocenters. The summed E-state index contributed by atoms with van der Waals surface area (Å²) >= 11 is 0. The predicted octanol–water partition coefficient (Wildman–Crippen LogP) is 14.8. The van der Waals surface area contributed by atoms with Crippen LogP contribution in [0.2, 0.25) is 0 Å². The lowest BCUT2D eigenvalue weighted by atomic mass is 9.80. The maximum absolute atomic E-state index is 12.5. The monoisotopic (exact) mass is 1450 g/mol. The van der Waals surface area contributed by atoms with Gasteiger partial charge in [-0.3, -0.25) is 29.1 Å². The van der Waals surface area contributed by atoms with Crippen molar-refractivity contribution in [1.82, 2.24) is 29.7 Å². The Morgan fingerprint density at radius 2 is 0.755 bits per heavy atom. The van der Waals surface area contributed by atoms with Crippen molar-refractivity contribution in [2.45, 2.75) is 228 Å². The predicted molar refractivity (Wildman–Crippen MR) is 412 cm³/mol. The number of nitrogens with one attached hydrogen (secondary N) is 3. The van der Waals surface area contributed by atoms with Crippen molar-refractivity contribution in [3.8, 4) is 0 Å². The number of fused-ring (bicyclic) bond motifs is 3. The van der Waals surface area contributed by atoms with Crippen molar-refractivity contribution in [2.24, 2.45) is 0 Å². The molecule has 0 radical (unpaired) electrons. The van der Waals surface area contributed by atoms with Crippen LogP contribution in [0.15, 0.2) is 109 Å². The van der Waals surface area contributed by atoms with Gasteiger partial charge >= 0.3 is 17.9 Å². The molecule has 11 heterocycles. The van der Waals surface area contributed by atoms with Gasteiger partial charge in [0.2, 0.25) is 0 Å². The molecule has 0 bridgehead atoms. The number of likely N-dealkylation sites (tertiary alicyclic amines) is 3. The Bertz CT molecular complexity index is 3640. The largest absolute Gasteiger partial charge is 0.480 e. The second-order valence-electron chi connectivity index (χ2n) is 30.7. The Morgan fingerprint density at radius 3 is 1.10 bits per heavy atom. The number of ether oxygens (including phenoxy) is 5. The van der Waals surface area contributed by atoms with Crippen LogP contribution >= 0.6 is 0 Å². The summed E-state index contributed by atoms with van der Waals surface area (Å²) in [5, 5.41) is 40.7. The maximum atomic E-state index is 12.5. The van der Waals surface area contributed by atoms with Gasteiger partial charge in [0, 0.05) is 109 Å². The molecule has 9 aliphatic rings. The number of hydrogen-bond acceptors (Lipinski definition) is 17. The normalized spacial score (nSPS) is 22.6. The lowest BCUT2D eigenvalue weighted by molar-refractivity contribution is -0.144. The maximum Gasteiger partial charge on any atom is 0.325 e. The van der Waals surface area contributed by atoms with Crippen LogP contribution in [-0.4, -0.2) is 173 Å². The number of carbonyl (C=O) groups is 3. The topological polar surface area (TPSA) is 243 Å². The van der Waals surface area contributed by atoms with Gasteiger partial charge in [0.15, 0.2) is 0 Å². The van der Waals surface area contributed by atoms with Gasteiger partial charge in [0.05, 0.1) is 30.5 Å². The number of rotatable bonds is 30. The summed E-state index contributed by atoms with van der Waals surface area (Å²) in [6.07, 6.45) is 28.8. The van der Waals surface area contributed by atoms with E-state index >= 15 is 0 Å². The zero-order chi connectivity index (χ0) is 72.8. The van der Waals surface area contributed by atoms with Gasteiger partial charge in [0.1, 0.15) is 35.6 Å². The minimum atomic E-state index is -0.803. The molecule has 3 aromatic heterocycles. The smallest absolute Gasteiger partial charge is 0.325 e. The van der Waals surface area contributed by atoms with Crippen molar-refractivity contribution in [3.63, 3.8) is 0 Å². The van der Waals surface area contributed by atoms with Crippen LogP contribution in [0, 0.1) is 0 Å². The van der Waals surface area contributed by atoms with Gasteiger partial charge in [-0.05, 0) is 228 Å². The Kier molecular flexibility index (Phi) is 28.3. The van der Waals surface area contributed by atoms with E-state index in [9.17, 15) is 29.7 Å². The third-order valence-electron chi connectivity index (χ3n) is 23.2. The van der Waals surface area contributed by atoms with Gasteiger partial charge in [-0.25, -0.2) is 15.0 Å². The summed E-state index contributed by atoms with van der Waals surface area (Å²) in [6.45, 7) is 10.9. The first kappa shape index (κ1) is 76.8. The Labute approximate surface area is 627 Å². The van der Waals surface area contributed by atoms with E-state index in [1.54, 1.807) is 0 Å². The fourth-order valence-corrected chi connectivity index (χ4v) is 17.6. The van der Waals surface area contributed by atoms with E-state index in [0.717, 1.165) is 243 Å². The van der Waals surface area contributed by atoms with E-state index in [4.69, 9.17) is 38.6 Å². The molecule has 570 valence electrons. The summed E-state index contributed by atoms with van der Waals surface area (Å²) in [7, 11) is 0. The molecular weight excluding hydrogens is 1330 g/mol. The number of nitrogens with zero attached hydrogens (tertiary/aromatic N) is 6. The van der Waals surface area contributed by atoms with E-state index in [1.807, 2.05) is 60.7 Å². The first-order chi connectivity index (χ1) is 52.1. The van der Waals surface area contributed by atoms with Gasteiger partial charge in [-0.2, -0.15) is 0 Å². The summed E-state index contributed by atoms with van der Waals surface area (Å²) in [5.41, 5.74) is 13.4. The van der Waals surface area contributed by atoms with Crippen molar-refractivity contribution < 1.29 is 53.4 Å². The zero-order valence-corrected chi connectivity index (χ0v) is 62.4. The standard InChI is InChI=1S/C30H41N3O3.2C28H37N3O4/c34-30(35)28(27-14-5-4-13-26(27)22-9-2-1-3-10-22)33-19-17-25(21-33)36-20-7-6-12-24-16-15-23-11-8-18-31-29(23)32-24;2*32-28(33)26(24-10-2-1-9-23(24)25-11-6-18-35-25)31-16-14-22(19-31)34-17-4-3-8-21-13-12-20-7-5-15-29-27(20)30-21/h4-5,13-16,22,25,28H,1-3,6-12,17-21H2,(H,31,32)(H,34,35);2*1-2,9-10,12-13,22,25-26H,3-8,11,14-19H2,(H,29,30)(H,32,33)/t25-,28?;22-,25?,26+;22-,25?,26-/m111/s1. The third-order valence-corrected chi connectivity index (χ3v) is 23.2. The van der Waals surface area contributed by atoms with Crippen molar-refractivity contribution in [2.75, 3.05) is 108 Å². The SMILES string of the molecule is O=C(O)C(c1ccccc1C1CCCCC1)N1CC[C@@H](OCCCCc2ccc3c(n2)NCCC3)C1.O=C(O)[C@@H](c1ccccc1C1CCCO1)N1CC[C@@H](OCCCCc2ccc3c(n2)NCCC3)C1.O=C(O)[C@H](c1ccccc1C1CCCO1)N1CC[C@@H](OCCCCc2ccc3c(n2)NCCC3)C1. The van der Waals surface area contributed by atoms with E-state index in [0.29, 0.717) is 38.8 Å². The molecule has 6 aromatic rings. The summed E-state index contributed by atoms with van der Waals surface area (Å²) in [5.74, 6) is 1.33. The molecule has 1 saturated carbocycles. The van der Waals surface area contributed by atoms with Crippen LogP contribution in [0.3, 0.4) is 0 Å². The highest BCUT2D eigenvalue weighted by Gasteiger charge is 2.40. The molecule has 20 heteroatoms. The van der Waals surface area contributed by atoms with E-state index < -0.39 is 36.0 Å².